The molecule has 2 rings (SSSR count). The quantitative estimate of drug-likeness (QED) is 0.731. The summed E-state index contributed by atoms with van der Waals surface area (Å²) >= 11 is 6.04. The lowest BCUT2D eigenvalue weighted by Gasteiger charge is -2.17. The first-order chi connectivity index (χ1) is 12.5. The molecule has 6 heteroatoms. The molecule has 0 aliphatic heterocycles. The Bertz CT molecular complexity index is 704. The fraction of sp³-hybridized carbons (Fsp3) is 0.350. The number of ether oxygens (including phenoxy) is 1. The van der Waals surface area contributed by atoms with Crippen LogP contribution >= 0.6 is 11.6 Å². The number of likely N-dealkylation sites (N-methyl/N-ethyl adjacent to an activating group) is 1. The summed E-state index contributed by atoms with van der Waals surface area (Å²) in [6.45, 7) is 1.95. The number of anilines is 1. The molecule has 2 aromatic carbocycles. The molecule has 140 valence electrons. The van der Waals surface area contributed by atoms with Gasteiger partial charge in [-0.2, -0.15) is 0 Å². The molecule has 0 unspecified atom stereocenters. The Morgan fingerprint density at radius 3 is 2.42 bits per heavy atom. The molecule has 1 amide bonds. The summed E-state index contributed by atoms with van der Waals surface area (Å²) in [6, 6.07) is 15.5. The predicted molar refractivity (Wildman–Crippen MR) is 107 cm³/mol. The maximum absolute atomic E-state index is 12.1. The van der Waals surface area contributed by atoms with Crippen LogP contribution in [0.5, 0.6) is 5.75 Å². The van der Waals surface area contributed by atoms with Crippen molar-refractivity contribution in [1.82, 2.24) is 10.2 Å². The highest BCUT2D eigenvalue weighted by atomic mass is 35.5. The molecular formula is C20H26ClN3O2. The maximum atomic E-state index is 12.1. The summed E-state index contributed by atoms with van der Waals surface area (Å²) in [5.74, 6) is 0.648. The Balaban J connectivity index is 1.67. The number of amides is 1. The van der Waals surface area contributed by atoms with Crippen molar-refractivity contribution in [3.8, 4) is 5.75 Å². The van der Waals surface area contributed by atoms with Gasteiger partial charge in [0.2, 0.25) is 5.91 Å². The SMILES string of the molecule is CN(CCOc1ccccc1Cl)CC(=O)NCc1ccc(N(C)C)cc1. The third-order valence-electron chi connectivity index (χ3n) is 3.92. The van der Waals surface area contributed by atoms with Crippen LogP contribution in [0.4, 0.5) is 5.69 Å². The van der Waals surface area contributed by atoms with Gasteiger partial charge in [0.25, 0.3) is 0 Å². The second-order valence-corrected chi connectivity index (χ2v) is 6.76. The maximum Gasteiger partial charge on any atom is 0.234 e. The smallest absolute Gasteiger partial charge is 0.234 e. The fourth-order valence-corrected chi connectivity index (χ4v) is 2.56. The summed E-state index contributed by atoms with van der Waals surface area (Å²) in [5, 5.41) is 3.53. The molecule has 0 aliphatic rings. The van der Waals surface area contributed by atoms with Crippen LogP contribution in [0.25, 0.3) is 0 Å². The van der Waals surface area contributed by atoms with Gasteiger partial charge in [-0.15, -0.1) is 0 Å². The van der Waals surface area contributed by atoms with Gasteiger partial charge in [0, 0.05) is 32.9 Å². The largest absolute Gasteiger partial charge is 0.491 e. The standard InChI is InChI=1S/C20H26ClN3O2/c1-23(2)17-10-8-16(9-11-17)14-22-20(25)15-24(3)12-13-26-19-7-5-4-6-18(19)21/h4-11H,12-15H2,1-3H3,(H,22,25). The zero-order chi connectivity index (χ0) is 18.9. The normalized spacial score (nSPS) is 10.7. The number of benzene rings is 2. The van der Waals surface area contributed by atoms with Crippen molar-refractivity contribution in [2.45, 2.75) is 6.54 Å². The van der Waals surface area contributed by atoms with Crippen molar-refractivity contribution in [1.29, 1.82) is 0 Å². The van der Waals surface area contributed by atoms with E-state index in [9.17, 15) is 4.79 Å². The summed E-state index contributed by atoms with van der Waals surface area (Å²) in [6.07, 6.45) is 0. The van der Waals surface area contributed by atoms with Crippen molar-refractivity contribution in [3.05, 3.63) is 59.1 Å². The summed E-state index contributed by atoms with van der Waals surface area (Å²) in [4.78, 5) is 16.0. The number of nitrogens with one attached hydrogen (secondary N) is 1. The lowest BCUT2D eigenvalue weighted by atomic mass is 10.2. The number of hydrogen-bond acceptors (Lipinski definition) is 4. The number of para-hydroxylation sites is 1. The number of nitrogens with zero attached hydrogens (tertiary/aromatic N) is 2. The van der Waals surface area contributed by atoms with Crippen LogP contribution in [0.15, 0.2) is 48.5 Å². The molecule has 0 heterocycles. The average molecular weight is 376 g/mol. The number of halogens is 1. The first-order valence-electron chi connectivity index (χ1n) is 8.54. The average Bonchev–Trinajstić information content (AvgIpc) is 2.62. The molecular weight excluding hydrogens is 350 g/mol. The number of rotatable bonds is 9. The first kappa shape index (κ1) is 20.1. The van der Waals surface area contributed by atoms with E-state index in [1.165, 1.54) is 0 Å². The molecule has 0 atom stereocenters. The van der Waals surface area contributed by atoms with Gasteiger partial charge in [0.1, 0.15) is 12.4 Å². The van der Waals surface area contributed by atoms with Gasteiger partial charge in [-0.05, 0) is 36.9 Å². The lowest BCUT2D eigenvalue weighted by Crippen LogP contribution is -2.36. The van der Waals surface area contributed by atoms with Crippen LogP contribution in [0.2, 0.25) is 5.02 Å². The molecule has 0 bridgehead atoms. The Kier molecular flexibility index (Phi) is 7.75. The van der Waals surface area contributed by atoms with E-state index in [1.54, 1.807) is 6.07 Å². The van der Waals surface area contributed by atoms with Gasteiger partial charge in [-0.25, -0.2) is 0 Å². The van der Waals surface area contributed by atoms with E-state index in [-0.39, 0.29) is 5.91 Å². The molecule has 0 aliphatic carbocycles. The van der Waals surface area contributed by atoms with Crippen LogP contribution in [0, 0.1) is 0 Å². The predicted octanol–water partition coefficient (Wildman–Crippen LogP) is 3.03. The van der Waals surface area contributed by atoms with Gasteiger partial charge in [0.15, 0.2) is 0 Å². The monoisotopic (exact) mass is 375 g/mol. The minimum Gasteiger partial charge on any atom is -0.491 e. The van der Waals surface area contributed by atoms with Crippen molar-refractivity contribution in [3.63, 3.8) is 0 Å². The molecule has 0 saturated heterocycles. The van der Waals surface area contributed by atoms with Gasteiger partial charge < -0.3 is 15.0 Å². The number of carbonyl (C=O) groups is 1. The van der Waals surface area contributed by atoms with E-state index in [2.05, 4.69) is 5.32 Å². The van der Waals surface area contributed by atoms with Crippen molar-refractivity contribution >= 4 is 23.2 Å². The van der Waals surface area contributed by atoms with E-state index in [0.717, 1.165) is 11.3 Å². The minimum atomic E-state index is -0.0121. The topological polar surface area (TPSA) is 44.8 Å². The molecule has 0 spiro atoms. The Hall–Kier alpha value is -2.24. The minimum absolute atomic E-state index is 0.0121. The van der Waals surface area contributed by atoms with Gasteiger partial charge >= 0.3 is 0 Å². The van der Waals surface area contributed by atoms with Crippen LogP contribution in [-0.2, 0) is 11.3 Å². The third kappa shape index (κ3) is 6.58. The molecule has 0 radical (unpaired) electrons. The van der Waals surface area contributed by atoms with Crippen LogP contribution < -0.4 is 15.0 Å². The van der Waals surface area contributed by atoms with Gasteiger partial charge in [0.05, 0.1) is 11.6 Å². The highest BCUT2D eigenvalue weighted by Crippen LogP contribution is 2.22. The fourth-order valence-electron chi connectivity index (χ4n) is 2.37. The second-order valence-electron chi connectivity index (χ2n) is 6.35. The second kappa shape index (κ2) is 10.0. The summed E-state index contributed by atoms with van der Waals surface area (Å²) in [5.41, 5.74) is 2.21. The van der Waals surface area contributed by atoms with Crippen molar-refractivity contribution in [2.75, 3.05) is 45.7 Å². The highest BCUT2D eigenvalue weighted by Gasteiger charge is 2.07. The molecule has 0 saturated carbocycles. The summed E-state index contributed by atoms with van der Waals surface area (Å²) < 4.78 is 5.64. The van der Waals surface area contributed by atoms with Crippen LogP contribution in [0.1, 0.15) is 5.56 Å². The third-order valence-corrected chi connectivity index (χ3v) is 4.24. The van der Waals surface area contributed by atoms with E-state index in [4.69, 9.17) is 16.3 Å². The van der Waals surface area contributed by atoms with E-state index in [0.29, 0.717) is 37.0 Å². The molecule has 26 heavy (non-hydrogen) atoms. The molecule has 1 N–H and O–H groups in total. The Labute approximate surface area is 160 Å². The molecule has 0 fully saturated rings. The molecule has 2 aromatic rings. The number of carbonyl (C=O) groups excluding carboxylic acids is 1. The molecule has 0 aromatic heterocycles. The lowest BCUT2D eigenvalue weighted by molar-refractivity contribution is -0.122. The van der Waals surface area contributed by atoms with E-state index >= 15 is 0 Å². The van der Waals surface area contributed by atoms with Crippen molar-refractivity contribution < 1.29 is 9.53 Å². The van der Waals surface area contributed by atoms with E-state index in [1.807, 2.05) is 73.4 Å². The van der Waals surface area contributed by atoms with E-state index < -0.39 is 0 Å². The molecule has 5 nitrogen and oxygen atoms in total. The first-order valence-corrected chi connectivity index (χ1v) is 8.92. The Morgan fingerprint density at radius 1 is 1.08 bits per heavy atom. The van der Waals surface area contributed by atoms with Crippen LogP contribution in [-0.4, -0.2) is 51.6 Å². The Morgan fingerprint density at radius 2 is 1.77 bits per heavy atom. The zero-order valence-corrected chi connectivity index (χ0v) is 16.3. The summed E-state index contributed by atoms with van der Waals surface area (Å²) in [7, 11) is 5.89. The van der Waals surface area contributed by atoms with Gasteiger partial charge in [-0.3, -0.25) is 9.69 Å². The number of hydrogen-bond donors (Lipinski definition) is 1. The van der Waals surface area contributed by atoms with Gasteiger partial charge in [-0.1, -0.05) is 35.9 Å². The van der Waals surface area contributed by atoms with Crippen molar-refractivity contribution in [2.24, 2.45) is 0 Å². The van der Waals surface area contributed by atoms with Crippen LogP contribution in [0.3, 0.4) is 0 Å². The zero-order valence-electron chi connectivity index (χ0n) is 15.5. The highest BCUT2D eigenvalue weighted by molar-refractivity contribution is 6.32.